The summed E-state index contributed by atoms with van der Waals surface area (Å²) >= 11 is 0. The van der Waals surface area contributed by atoms with E-state index in [1.54, 1.807) is 10.8 Å². The summed E-state index contributed by atoms with van der Waals surface area (Å²) < 4.78 is 12.5. The Morgan fingerprint density at radius 2 is 2.27 bits per heavy atom. The summed E-state index contributed by atoms with van der Waals surface area (Å²) in [6, 6.07) is 6.13. The van der Waals surface area contributed by atoms with Gasteiger partial charge in [0.15, 0.2) is 17.2 Å². The molecule has 26 heavy (non-hydrogen) atoms. The van der Waals surface area contributed by atoms with E-state index in [9.17, 15) is 9.90 Å². The highest BCUT2D eigenvalue weighted by atomic mass is 16.7. The molecule has 1 atom stereocenters. The number of aromatic nitrogens is 2. The van der Waals surface area contributed by atoms with E-state index in [4.69, 9.17) is 9.47 Å². The topological polar surface area (TPSA) is 85.6 Å². The molecule has 1 aliphatic carbocycles. The van der Waals surface area contributed by atoms with E-state index in [-0.39, 0.29) is 18.5 Å². The van der Waals surface area contributed by atoms with Crippen LogP contribution in [-0.4, -0.2) is 33.7 Å². The summed E-state index contributed by atoms with van der Waals surface area (Å²) in [5.74, 6) is 0.575. The molecule has 7 heteroatoms. The molecule has 0 saturated heterocycles. The van der Waals surface area contributed by atoms with Gasteiger partial charge in [0.1, 0.15) is 0 Å². The zero-order valence-electron chi connectivity index (χ0n) is 14.4. The van der Waals surface area contributed by atoms with Gasteiger partial charge >= 0.3 is 5.97 Å². The van der Waals surface area contributed by atoms with E-state index in [1.807, 2.05) is 18.2 Å². The SMILES string of the molecule is C=CCn1nc(C(=O)O)c2c1CC[C@@H](NCc1ccc3c(c1)OCO3)C2. The molecule has 1 aromatic heterocycles. The number of hydrogen-bond donors (Lipinski definition) is 2. The van der Waals surface area contributed by atoms with Crippen molar-refractivity contribution in [3.63, 3.8) is 0 Å². The van der Waals surface area contributed by atoms with E-state index in [0.29, 0.717) is 19.5 Å². The van der Waals surface area contributed by atoms with Crippen LogP contribution in [0.15, 0.2) is 30.9 Å². The van der Waals surface area contributed by atoms with Crippen LogP contribution in [0.4, 0.5) is 0 Å². The molecule has 1 aromatic carbocycles. The standard InChI is InChI=1S/C19H21N3O4/c1-2-7-22-15-5-4-13(9-14(15)18(21-22)19(23)24)20-10-12-3-6-16-17(8-12)26-11-25-16/h2-3,6,8,13,20H,1,4-5,7,9-11H2,(H,23,24)/t13-/m1/s1. The van der Waals surface area contributed by atoms with Gasteiger partial charge in [-0.3, -0.25) is 4.68 Å². The van der Waals surface area contributed by atoms with Crippen LogP contribution in [0, 0.1) is 0 Å². The highest BCUT2D eigenvalue weighted by molar-refractivity contribution is 5.87. The lowest BCUT2D eigenvalue weighted by Gasteiger charge is -2.24. The molecular formula is C19H21N3O4. The second-order valence-electron chi connectivity index (χ2n) is 6.56. The molecule has 2 heterocycles. The van der Waals surface area contributed by atoms with Crippen LogP contribution in [0.5, 0.6) is 11.5 Å². The lowest BCUT2D eigenvalue weighted by atomic mass is 9.91. The highest BCUT2D eigenvalue weighted by Crippen LogP contribution is 2.32. The van der Waals surface area contributed by atoms with Gasteiger partial charge in [0, 0.05) is 23.8 Å². The van der Waals surface area contributed by atoms with Gasteiger partial charge in [0.2, 0.25) is 6.79 Å². The molecule has 0 spiro atoms. The van der Waals surface area contributed by atoms with Gasteiger partial charge in [0.25, 0.3) is 0 Å². The second-order valence-corrected chi connectivity index (χ2v) is 6.56. The predicted octanol–water partition coefficient (Wildman–Crippen LogP) is 2.14. The van der Waals surface area contributed by atoms with Crippen LogP contribution in [0.3, 0.4) is 0 Å². The van der Waals surface area contributed by atoms with E-state index >= 15 is 0 Å². The first-order valence-electron chi connectivity index (χ1n) is 8.70. The van der Waals surface area contributed by atoms with Crippen molar-refractivity contribution >= 4 is 5.97 Å². The lowest BCUT2D eigenvalue weighted by molar-refractivity contribution is 0.0688. The van der Waals surface area contributed by atoms with Gasteiger partial charge in [-0.25, -0.2) is 4.79 Å². The Morgan fingerprint density at radius 1 is 1.42 bits per heavy atom. The molecule has 4 rings (SSSR count). The zero-order valence-corrected chi connectivity index (χ0v) is 14.4. The van der Waals surface area contributed by atoms with E-state index < -0.39 is 5.97 Å². The van der Waals surface area contributed by atoms with Crippen molar-refractivity contribution < 1.29 is 19.4 Å². The molecule has 1 aliphatic heterocycles. The lowest BCUT2D eigenvalue weighted by Crippen LogP contribution is -2.34. The number of nitrogens with one attached hydrogen (secondary N) is 1. The monoisotopic (exact) mass is 355 g/mol. The van der Waals surface area contributed by atoms with Crippen LogP contribution in [0.25, 0.3) is 0 Å². The van der Waals surface area contributed by atoms with Crippen molar-refractivity contribution in [1.82, 2.24) is 15.1 Å². The number of carboxylic acids is 1. The van der Waals surface area contributed by atoms with E-state index in [0.717, 1.165) is 41.2 Å². The minimum Gasteiger partial charge on any atom is -0.476 e. The Balaban J connectivity index is 1.46. The zero-order chi connectivity index (χ0) is 18.1. The number of benzene rings is 1. The largest absolute Gasteiger partial charge is 0.476 e. The van der Waals surface area contributed by atoms with Gasteiger partial charge in [-0.1, -0.05) is 12.1 Å². The quantitative estimate of drug-likeness (QED) is 0.772. The molecule has 2 aromatic rings. The number of ether oxygens (including phenoxy) is 2. The molecule has 2 N–H and O–H groups in total. The summed E-state index contributed by atoms with van der Waals surface area (Å²) in [4.78, 5) is 11.5. The first-order valence-corrected chi connectivity index (χ1v) is 8.70. The summed E-state index contributed by atoms with van der Waals surface area (Å²) in [6.45, 7) is 5.22. The number of nitrogens with zero attached hydrogens (tertiary/aromatic N) is 2. The third-order valence-corrected chi connectivity index (χ3v) is 4.88. The first kappa shape index (κ1) is 16.7. The Kier molecular flexibility index (Phi) is 4.38. The number of aromatic carboxylic acids is 1. The number of rotatable bonds is 6. The maximum absolute atomic E-state index is 11.5. The average molecular weight is 355 g/mol. The molecule has 0 radical (unpaired) electrons. The molecule has 2 aliphatic rings. The Morgan fingerprint density at radius 3 is 3.08 bits per heavy atom. The van der Waals surface area contributed by atoms with Gasteiger partial charge in [0.05, 0.1) is 6.54 Å². The number of hydrogen-bond acceptors (Lipinski definition) is 5. The van der Waals surface area contributed by atoms with Crippen molar-refractivity contribution in [2.45, 2.75) is 38.4 Å². The number of fused-ring (bicyclic) bond motifs is 2. The van der Waals surface area contributed by atoms with Crippen LogP contribution < -0.4 is 14.8 Å². The Labute approximate surface area is 151 Å². The van der Waals surface area contributed by atoms with Gasteiger partial charge in [-0.2, -0.15) is 5.10 Å². The minimum atomic E-state index is -0.972. The highest BCUT2D eigenvalue weighted by Gasteiger charge is 2.28. The van der Waals surface area contributed by atoms with Crippen LogP contribution in [0.1, 0.15) is 33.7 Å². The summed E-state index contributed by atoms with van der Waals surface area (Å²) in [7, 11) is 0. The fourth-order valence-corrected chi connectivity index (χ4v) is 3.62. The third-order valence-electron chi connectivity index (χ3n) is 4.88. The van der Waals surface area contributed by atoms with Crippen LogP contribution in [0.2, 0.25) is 0 Å². The second kappa shape index (κ2) is 6.84. The van der Waals surface area contributed by atoms with Crippen molar-refractivity contribution in [1.29, 1.82) is 0 Å². The minimum absolute atomic E-state index is 0.163. The van der Waals surface area contributed by atoms with E-state index in [1.165, 1.54) is 0 Å². The van der Waals surface area contributed by atoms with Crippen molar-refractivity contribution in [3.8, 4) is 11.5 Å². The van der Waals surface area contributed by atoms with Crippen molar-refractivity contribution in [2.75, 3.05) is 6.79 Å². The Bertz CT molecular complexity index is 859. The van der Waals surface area contributed by atoms with Crippen LogP contribution in [-0.2, 0) is 25.9 Å². The summed E-state index contributed by atoms with van der Waals surface area (Å²) in [5.41, 5.74) is 3.13. The normalized spacial score (nSPS) is 17.8. The molecular weight excluding hydrogens is 334 g/mol. The number of allylic oxidation sites excluding steroid dienone is 1. The molecule has 0 unspecified atom stereocenters. The Hall–Kier alpha value is -2.80. The summed E-state index contributed by atoms with van der Waals surface area (Å²) in [6.07, 6.45) is 4.16. The maximum atomic E-state index is 11.5. The smallest absolute Gasteiger partial charge is 0.356 e. The molecule has 0 amide bonds. The van der Waals surface area contributed by atoms with Crippen LogP contribution >= 0.6 is 0 Å². The molecule has 136 valence electrons. The van der Waals surface area contributed by atoms with Crippen molar-refractivity contribution in [2.24, 2.45) is 0 Å². The van der Waals surface area contributed by atoms with Gasteiger partial charge in [-0.05, 0) is 37.0 Å². The van der Waals surface area contributed by atoms with E-state index in [2.05, 4.69) is 17.0 Å². The molecule has 0 fully saturated rings. The number of carbonyl (C=O) groups is 1. The third kappa shape index (κ3) is 3.06. The first-order chi connectivity index (χ1) is 12.7. The van der Waals surface area contributed by atoms with Crippen molar-refractivity contribution in [3.05, 3.63) is 53.4 Å². The maximum Gasteiger partial charge on any atom is 0.356 e. The van der Waals surface area contributed by atoms with Gasteiger partial charge < -0.3 is 19.9 Å². The fraction of sp³-hybridized carbons (Fsp3) is 0.368. The molecule has 0 saturated carbocycles. The summed E-state index contributed by atoms with van der Waals surface area (Å²) in [5, 5.41) is 17.2. The van der Waals surface area contributed by atoms with Gasteiger partial charge in [-0.15, -0.1) is 6.58 Å². The fourth-order valence-electron chi connectivity index (χ4n) is 3.62. The predicted molar refractivity (Wildman–Crippen MR) is 94.6 cm³/mol. The average Bonchev–Trinajstić information content (AvgIpc) is 3.24. The number of carboxylic acid groups (broad SMARTS) is 1. The molecule has 7 nitrogen and oxygen atoms in total. The molecule has 0 bridgehead atoms.